The van der Waals surface area contributed by atoms with Gasteiger partial charge in [0.05, 0.1) is 12.6 Å². The van der Waals surface area contributed by atoms with Crippen molar-refractivity contribution in [3.8, 4) is 0 Å². The van der Waals surface area contributed by atoms with Crippen LogP contribution in [0.1, 0.15) is 30.6 Å². The van der Waals surface area contributed by atoms with Gasteiger partial charge in [0.15, 0.2) is 5.82 Å². The first kappa shape index (κ1) is 19.0. The highest BCUT2D eigenvalue weighted by molar-refractivity contribution is 7.09. The summed E-state index contributed by atoms with van der Waals surface area (Å²) in [5.74, 6) is 1.13. The van der Waals surface area contributed by atoms with Gasteiger partial charge in [0.1, 0.15) is 5.82 Å². The van der Waals surface area contributed by atoms with Crippen molar-refractivity contribution < 1.29 is 4.39 Å². The molecular weight excluding hydrogens is 375 g/mol. The maximum absolute atomic E-state index is 13.2. The topological polar surface area (TPSA) is 50.1 Å². The van der Waals surface area contributed by atoms with Crippen molar-refractivity contribution >= 4 is 17.0 Å². The average molecular weight is 401 g/mol. The minimum Gasteiger partial charge on any atom is -0.369 e. The van der Waals surface area contributed by atoms with Gasteiger partial charge in [-0.1, -0.05) is 19.9 Å². The van der Waals surface area contributed by atoms with E-state index >= 15 is 0 Å². The standard InChI is InChI=1S/C20H25FN6S/c1-15(2)19(20-22-23-24-27(20)14-18-4-3-13-28-18)26-11-9-25(10-12-26)17-7-5-16(21)6-8-17/h3-8,13,15,19H,9-12,14H2,1-2H3/t19-/m0/s1. The molecule has 1 saturated heterocycles. The lowest BCUT2D eigenvalue weighted by Gasteiger charge is -2.41. The Morgan fingerprint density at radius 3 is 2.46 bits per heavy atom. The Bertz CT molecular complexity index is 869. The predicted octanol–water partition coefficient (Wildman–Crippen LogP) is 3.44. The summed E-state index contributed by atoms with van der Waals surface area (Å²) in [6.07, 6.45) is 0. The van der Waals surface area contributed by atoms with Crippen molar-refractivity contribution in [2.75, 3.05) is 31.1 Å². The van der Waals surface area contributed by atoms with E-state index in [-0.39, 0.29) is 11.9 Å². The molecule has 0 N–H and O–H groups in total. The largest absolute Gasteiger partial charge is 0.369 e. The summed E-state index contributed by atoms with van der Waals surface area (Å²) < 4.78 is 15.1. The normalized spacial score (nSPS) is 16.6. The zero-order valence-electron chi connectivity index (χ0n) is 16.2. The van der Waals surface area contributed by atoms with Gasteiger partial charge in [-0.15, -0.1) is 16.4 Å². The molecule has 1 aromatic carbocycles. The number of hydrogen-bond acceptors (Lipinski definition) is 6. The number of hydrogen-bond donors (Lipinski definition) is 0. The lowest BCUT2D eigenvalue weighted by Crippen LogP contribution is -2.49. The Morgan fingerprint density at radius 1 is 1.07 bits per heavy atom. The minimum absolute atomic E-state index is 0.172. The van der Waals surface area contributed by atoms with Gasteiger partial charge in [-0.3, -0.25) is 4.90 Å². The maximum atomic E-state index is 13.2. The molecule has 0 spiro atoms. The Hall–Kier alpha value is -2.32. The highest BCUT2D eigenvalue weighted by Crippen LogP contribution is 2.29. The molecule has 6 nitrogen and oxygen atoms in total. The Balaban J connectivity index is 1.48. The molecule has 2 aromatic heterocycles. The molecule has 3 aromatic rings. The highest BCUT2D eigenvalue weighted by atomic mass is 32.1. The molecule has 3 heterocycles. The van der Waals surface area contributed by atoms with Crippen molar-refractivity contribution in [2.24, 2.45) is 5.92 Å². The molecule has 0 radical (unpaired) electrons. The van der Waals surface area contributed by atoms with Crippen LogP contribution in [0.25, 0.3) is 0 Å². The number of piperazine rings is 1. The number of rotatable bonds is 6. The summed E-state index contributed by atoms with van der Waals surface area (Å²) in [6, 6.07) is 11.1. The van der Waals surface area contributed by atoms with Crippen LogP contribution in [0.3, 0.4) is 0 Å². The second kappa shape index (κ2) is 8.36. The van der Waals surface area contributed by atoms with Crippen LogP contribution < -0.4 is 4.90 Å². The number of aromatic nitrogens is 4. The molecule has 1 atom stereocenters. The van der Waals surface area contributed by atoms with E-state index in [1.165, 1.54) is 17.0 Å². The van der Waals surface area contributed by atoms with Gasteiger partial charge in [-0.2, -0.15) is 0 Å². The molecule has 0 aliphatic carbocycles. The van der Waals surface area contributed by atoms with E-state index in [4.69, 9.17) is 0 Å². The summed E-state index contributed by atoms with van der Waals surface area (Å²) in [5.41, 5.74) is 1.07. The molecule has 0 amide bonds. The summed E-state index contributed by atoms with van der Waals surface area (Å²) in [4.78, 5) is 6.03. The van der Waals surface area contributed by atoms with E-state index < -0.39 is 0 Å². The molecule has 0 unspecified atom stereocenters. The molecule has 28 heavy (non-hydrogen) atoms. The van der Waals surface area contributed by atoms with E-state index in [1.54, 1.807) is 11.3 Å². The first-order chi connectivity index (χ1) is 13.6. The fourth-order valence-electron chi connectivity index (χ4n) is 3.88. The minimum atomic E-state index is -0.195. The maximum Gasteiger partial charge on any atom is 0.169 e. The number of thiophene rings is 1. The fraction of sp³-hybridized carbons (Fsp3) is 0.450. The predicted molar refractivity (Wildman–Crippen MR) is 109 cm³/mol. The SMILES string of the molecule is CC(C)[C@@H](c1nnnn1Cc1cccs1)N1CCN(c2ccc(F)cc2)CC1. The Kier molecular flexibility index (Phi) is 5.68. The van der Waals surface area contributed by atoms with Gasteiger partial charge in [0.25, 0.3) is 0 Å². The summed E-state index contributed by atoms with van der Waals surface area (Å²) in [6.45, 7) is 8.81. The molecule has 1 fully saturated rings. The van der Waals surface area contributed by atoms with E-state index in [0.29, 0.717) is 12.5 Å². The van der Waals surface area contributed by atoms with E-state index in [0.717, 1.165) is 37.7 Å². The quantitative estimate of drug-likeness (QED) is 0.634. The third-order valence-corrected chi connectivity index (χ3v) is 6.10. The van der Waals surface area contributed by atoms with Crippen LogP contribution in [0.2, 0.25) is 0 Å². The van der Waals surface area contributed by atoms with E-state index in [1.807, 2.05) is 16.8 Å². The smallest absolute Gasteiger partial charge is 0.169 e. The number of benzene rings is 1. The van der Waals surface area contributed by atoms with Crippen LogP contribution >= 0.6 is 11.3 Å². The van der Waals surface area contributed by atoms with Crippen LogP contribution in [-0.4, -0.2) is 51.3 Å². The molecule has 0 saturated carbocycles. The third kappa shape index (κ3) is 4.07. The van der Waals surface area contributed by atoms with Gasteiger partial charge in [0.2, 0.25) is 0 Å². The van der Waals surface area contributed by atoms with Crippen LogP contribution in [-0.2, 0) is 6.54 Å². The summed E-state index contributed by atoms with van der Waals surface area (Å²) >= 11 is 1.72. The van der Waals surface area contributed by atoms with Crippen LogP contribution in [0, 0.1) is 11.7 Å². The molecule has 0 bridgehead atoms. The van der Waals surface area contributed by atoms with Crippen molar-refractivity contribution in [3.63, 3.8) is 0 Å². The van der Waals surface area contributed by atoms with Crippen molar-refractivity contribution in [1.82, 2.24) is 25.1 Å². The van der Waals surface area contributed by atoms with Crippen molar-refractivity contribution in [2.45, 2.75) is 26.4 Å². The van der Waals surface area contributed by atoms with Gasteiger partial charge >= 0.3 is 0 Å². The van der Waals surface area contributed by atoms with Crippen LogP contribution in [0.4, 0.5) is 10.1 Å². The monoisotopic (exact) mass is 400 g/mol. The van der Waals surface area contributed by atoms with Crippen LogP contribution in [0.15, 0.2) is 41.8 Å². The molecule has 1 aliphatic rings. The summed E-state index contributed by atoms with van der Waals surface area (Å²) in [7, 11) is 0. The van der Waals surface area contributed by atoms with Crippen LogP contribution in [0.5, 0.6) is 0 Å². The van der Waals surface area contributed by atoms with E-state index in [2.05, 4.69) is 56.7 Å². The van der Waals surface area contributed by atoms with Gasteiger partial charge in [0, 0.05) is 36.7 Å². The molecule has 4 rings (SSSR count). The molecule has 148 valence electrons. The average Bonchev–Trinajstić information content (AvgIpc) is 3.36. The zero-order valence-corrected chi connectivity index (χ0v) is 17.0. The van der Waals surface area contributed by atoms with Gasteiger partial charge in [-0.25, -0.2) is 9.07 Å². The van der Waals surface area contributed by atoms with Gasteiger partial charge < -0.3 is 4.90 Å². The first-order valence-corrected chi connectivity index (χ1v) is 10.5. The molecule has 8 heteroatoms. The second-order valence-corrected chi connectivity index (χ2v) is 8.49. The van der Waals surface area contributed by atoms with Crippen molar-refractivity contribution in [3.05, 3.63) is 58.3 Å². The number of halogens is 1. The number of tetrazole rings is 1. The lowest BCUT2D eigenvalue weighted by molar-refractivity contribution is 0.135. The molecule has 1 aliphatic heterocycles. The fourth-order valence-corrected chi connectivity index (χ4v) is 4.57. The second-order valence-electron chi connectivity index (χ2n) is 7.46. The Morgan fingerprint density at radius 2 is 1.82 bits per heavy atom. The van der Waals surface area contributed by atoms with Gasteiger partial charge in [-0.05, 0) is 52.1 Å². The lowest BCUT2D eigenvalue weighted by atomic mass is 10.0. The van der Waals surface area contributed by atoms with Crippen molar-refractivity contribution in [1.29, 1.82) is 0 Å². The molecular formula is C20H25FN6S. The summed E-state index contributed by atoms with van der Waals surface area (Å²) in [5, 5.41) is 14.7. The number of anilines is 1. The van der Waals surface area contributed by atoms with E-state index in [9.17, 15) is 4.39 Å². The third-order valence-electron chi connectivity index (χ3n) is 5.24. The first-order valence-electron chi connectivity index (χ1n) is 9.65. The highest BCUT2D eigenvalue weighted by Gasteiger charge is 2.31. The number of nitrogens with zero attached hydrogens (tertiary/aromatic N) is 6. The Labute approximate surface area is 168 Å². The zero-order chi connectivity index (χ0) is 19.5.